The predicted octanol–water partition coefficient (Wildman–Crippen LogP) is 4.83. The first-order valence-electron chi connectivity index (χ1n) is 6.04. The summed E-state index contributed by atoms with van der Waals surface area (Å²) in [4.78, 5) is 15.1. The molecule has 1 fully saturated rings. The van der Waals surface area contributed by atoms with E-state index < -0.39 is 0 Å². The summed E-state index contributed by atoms with van der Waals surface area (Å²) < 4.78 is 0. The van der Waals surface area contributed by atoms with Gasteiger partial charge in [-0.15, -0.1) is 23.1 Å². The molecule has 20 heavy (non-hydrogen) atoms. The molecule has 1 saturated heterocycles. The molecule has 2 nitrogen and oxygen atoms in total. The first kappa shape index (κ1) is 14.3. The van der Waals surface area contributed by atoms with Crippen LogP contribution in [0.1, 0.15) is 15.8 Å². The molecule has 2 aromatic rings. The monoisotopic (exact) mass is 343 g/mol. The Labute approximate surface area is 135 Å². The van der Waals surface area contributed by atoms with Gasteiger partial charge in [-0.25, -0.2) is 0 Å². The van der Waals surface area contributed by atoms with Crippen molar-refractivity contribution in [2.45, 2.75) is 11.9 Å². The van der Waals surface area contributed by atoms with E-state index in [4.69, 9.17) is 23.2 Å². The van der Waals surface area contributed by atoms with Crippen LogP contribution in [0.4, 0.5) is 0 Å². The highest BCUT2D eigenvalue weighted by Crippen LogP contribution is 2.45. The van der Waals surface area contributed by atoms with E-state index in [9.17, 15) is 4.79 Å². The second kappa shape index (κ2) is 5.98. The van der Waals surface area contributed by atoms with Crippen molar-refractivity contribution in [3.05, 3.63) is 56.2 Å². The summed E-state index contributed by atoms with van der Waals surface area (Å²) in [6.45, 7) is 0.607. The van der Waals surface area contributed by atoms with Gasteiger partial charge in [0.1, 0.15) is 5.37 Å². The van der Waals surface area contributed by atoms with Crippen molar-refractivity contribution in [1.29, 1.82) is 0 Å². The van der Waals surface area contributed by atoms with E-state index in [1.54, 1.807) is 23.1 Å². The number of rotatable bonds is 3. The van der Waals surface area contributed by atoms with Crippen LogP contribution in [0.3, 0.4) is 0 Å². The van der Waals surface area contributed by atoms with Crippen molar-refractivity contribution in [2.75, 3.05) is 5.75 Å². The summed E-state index contributed by atoms with van der Waals surface area (Å²) >= 11 is 15.8. The third-order valence-corrected chi connectivity index (χ3v) is 5.86. The molecule has 6 heteroatoms. The van der Waals surface area contributed by atoms with E-state index in [0.717, 1.165) is 10.4 Å². The standard InChI is InChI=1S/C14H11Cl2NOS2/c15-10-4-1-5-11(16)13(10)14-17(12(18)8-20-14)7-9-3-2-6-19-9/h1-6,14H,7-8H2. The Morgan fingerprint density at radius 1 is 1.20 bits per heavy atom. The van der Waals surface area contributed by atoms with Crippen LogP contribution >= 0.6 is 46.3 Å². The molecule has 1 atom stereocenters. The highest BCUT2D eigenvalue weighted by Gasteiger charge is 2.35. The second-order valence-corrected chi connectivity index (χ2v) is 7.31. The molecule has 104 valence electrons. The quantitative estimate of drug-likeness (QED) is 0.795. The van der Waals surface area contributed by atoms with Crippen molar-refractivity contribution in [2.24, 2.45) is 0 Å². The van der Waals surface area contributed by atoms with Crippen LogP contribution in [-0.2, 0) is 11.3 Å². The first-order chi connectivity index (χ1) is 9.66. The largest absolute Gasteiger partial charge is 0.321 e. The Morgan fingerprint density at radius 2 is 1.95 bits per heavy atom. The van der Waals surface area contributed by atoms with Crippen molar-refractivity contribution in [3.63, 3.8) is 0 Å². The average Bonchev–Trinajstić information content (AvgIpc) is 3.03. The van der Waals surface area contributed by atoms with Gasteiger partial charge in [0.05, 0.1) is 12.3 Å². The average molecular weight is 344 g/mol. The number of thioether (sulfide) groups is 1. The molecular weight excluding hydrogens is 333 g/mol. The van der Waals surface area contributed by atoms with Crippen LogP contribution < -0.4 is 0 Å². The topological polar surface area (TPSA) is 20.3 Å². The number of halogens is 2. The van der Waals surface area contributed by atoms with Gasteiger partial charge in [0, 0.05) is 20.5 Å². The van der Waals surface area contributed by atoms with Crippen LogP contribution in [-0.4, -0.2) is 16.6 Å². The smallest absolute Gasteiger partial charge is 0.234 e. The minimum Gasteiger partial charge on any atom is -0.321 e. The molecule has 0 radical (unpaired) electrons. The summed E-state index contributed by atoms with van der Waals surface area (Å²) in [5, 5.41) is 3.13. The molecule has 1 aliphatic heterocycles. The first-order valence-corrected chi connectivity index (χ1v) is 8.72. The van der Waals surface area contributed by atoms with Gasteiger partial charge in [-0.1, -0.05) is 35.3 Å². The summed E-state index contributed by atoms with van der Waals surface area (Å²) in [5.74, 6) is 0.599. The number of carbonyl (C=O) groups is 1. The highest BCUT2D eigenvalue weighted by atomic mass is 35.5. The molecule has 1 aromatic carbocycles. The fraction of sp³-hybridized carbons (Fsp3) is 0.214. The van der Waals surface area contributed by atoms with Gasteiger partial charge < -0.3 is 4.90 Å². The summed E-state index contributed by atoms with van der Waals surface area (Å²) in [5.41, 5.74) is 0.836. The second-order valence-electron chi connectivity index (χ2n) is 4.40. The molecule has 1 amide bonds. The predicted molar refractivity (Wildman–Crippen MR) is 86.5 cm³/mol. The van der Waals surface area contributed by atoms with Crippen molar-refractivity contribution in [3.8, 4) is 0 Å². The fourth-order valence-electron chi connectivity index (χ4n) is 2.18. The van der Waals surface area contributed by atoms with E-state index in [1.807, 2.05) is 40.6 Å². The van der Waals surface area contributed by atoms with Gasteiger partial charge in [-0.3, -0.25) is 4.79 Å². The van der Waals surface area contributed by atoms with E-state index in [1.165, 1.54) is 0 Å². The van der Waals surface area contributed by atoms with Gasteiger partial charge in [0.15, 0.2) is 0 Å². The lowest BCUT2D eigenvalue weighted by atomic mass is 10.2. The van der Waals surface area contributed by atoms with E-state index in [2.05, 4.69) is 0 Å². The Morgan fingerprint density at radius 3 is 2.60 bits per heavy atom. The lowest BCUT2D eigenvalue weighted by Gasteiger charge is -2.25. The van der Waals surface area contributed by atoms with Crippen LogP contribution in [0.15, 0.2) is 35.7 Å². The van der Waals surface area contributed by atoms with Gasteiger partial charge >= 0.3 is 0 Å². The van der Waals surface area contributed by atoms with E-state index in [0.29, 0.717) is 22.3 Å². The minimum atomic E-state index is -0.106. The Balaban J connectivity index is 1.93. The van der Waals surface area contributed by atoms with E-state index in [-0.39, 0.29) is 11.3 Å². The summed E-state index contributed by atoms with van der Waals surface area (Å²) in [6.07, 6.45) is 0. The third kappa shape index (κ3) is 2.70. The summed E-state index contributed by atoms with van der Waals surface area (Å²) in [7, 11) is 0. The molecule has 2 heterocycles. The molecule has 1 aliphatic rings. The SMILES string of the molecule is O=C1CSC(c2c(Cl)cccc2Cl)N1Cc1cccs1. The molecule has 0 bridgehead atoms. The van der Waals surface area contributed by atoms with Crippen molar-refractivity contribution >= 4 is 52.2 Å². The minimum absolute atomic E-state index is 0.106. The van der Waals surface area contributed by atoms with E-state index >= 15 is 0 Å². The number of carbonyl (C=O) groups excluding carboxylic acids is 1. The molecule has 0 N–H and O–H groups in total. The highest BCUT2D eigenvalue weighted by molar-refractivity contribution is 8.00. The molecule has 0 saturated carbocycles. The summed E-state index contributed by atoms with van der Waals surface area (Å²) in [6, 6.07) is 9.47. The lowest BCUT2D eigenvalue weighted by Crippen LogP contribution is -2.27. The number of hydrogen-bond acceptors (Lipinski definition) is 3. The maximum absolute atomic E-state index is 12.1. The van der Waals surface area contributed by atoms with Gasteiger partial charge in [-0.05, 0) is 23.6 Å². The molecule has 3 rings (SSSR count). The van der Waals surface area contributed by atoms with Crippen molar-refractivity contribution in [1.82, 2.24) is 4.90 Å². The van der Waals surface area contributed by atoms with Crippen LogP contribution in [0.25, 0.3) is 0 Å². The number of thiophene rings is 1. The normalized spacial score (nSPS) is 18.8. The number of benzene rings is 1. The Hall–Kier alpha value is -0.680. The maximum Gasteiger partial charge on any atom is 0.234 e. The number of amides is 1. The Bertz CT molecular complexity index is 610. The van der Waals surface area contributed by atoms with Crippen LogP contribution in [0, 0.1) is 0 Å². The van der Waals surface area contributed by atoms with Crippen LogP contribution in [0.2, 0.25) is 10.0 Å². The van der Waals surface area contributed by atoms with Gasteiger partial charge in [0.2, 0.25) is 5.91 Å². The molecule has 0 spiro atoms. The number of hydrogen-bond donors (Lipinski definition) is 0. The maximum atomic E-state index is 12.1. The van der Waals surface area contributed by atoms with Crippen LogP contribution in [0.5, 0.6) is 0 Å². The zero-order valence-electron chi connectivity index (χ0n) is 10.4. The molecular formula is C14H11Cl2NOS2. The molecule has 1 unspecified atom stereocenters. The zero-order valence-corrected chi connectivity index (χ0v) is 13.5. The molecule has 1 aromatic heterocycles. The zero-order chi connectivity index (χ0) is 14.1. The van der Waals surface area contributed by atoms with Crippen molar-refractivity contribution < 1.29 is 4.79 Å². The van der Waals surface area contributed by atoms with Gasteiger partial charge in [0.25, 0.3) is 0 Å². The third-order valence-electron chi connectivity index (χ3n) is 3.12. The molecule has 0 aliphatic carbocycles. The fourth-order valence-corrected chi connectivity index (χ4v) is 4.88. The number of nitrogens with zero attached hydrogens (tertiary/aromatic N) is 1. The lowest BCUT2D eigenvalue weighted by molar-refractivity contribution is -0.128. The van der Waals surface area contributed by atoms with Gasteiger partial charge in [-0.2, -0.15) is 0 Å². The Kier molecular flexibility index (Phi) is 4.26.